The third-order valence-corrected chi connectivity index (χ3v) is 5.91. The van der Waals surface area contributed by atoms with Gasteiger partial charge in [0.1, 0.15) is 4.21 Å². The Balaban J connectivity index is 2.04. The zero-order valence-electron chi connectivity index (χ0n) is 9.92. The Morgan fingerprint density at radius 2 is 2.33 bits per heavy atom. The summed E-state index contributed by atoms with van der Waals surface area (Å²) in [7, 11) is -3.56. The fourth-order valence-corrected chi connectivity index (χ4v) is 4.40. The molecule has 1 fully saturated rings. The molecule has 7 heteroatoms. The summed E-state index contributed by atoms with van der Waals surface area (Å²) in [5.74, 6) is -0.674. The first kappa shape index (κ1) is 13.5. The summed E-state index contributed by atoms with van der Waals surface area (Å²) in [6, 6.07) is 1.22. The van der Waals surface area contributed by atoms with Crippen molar-refractivity contribution in [3.63, 3.8) is 0 Å². The highest BCUT2D eigenvalue weighted by Gasteiger charge is 2.39. The molecular formula is C11H15NO4S2. The van der Waals surface area contributed by atoms with Crippen molar-refractivity contribution in [3.8, 4) is 0 Å². The van der Waals surface area contributed by atoms with Crippen molar-refractivity contribution in [2.24, 2.45) is 5.92 Å². The van der Waals surface area contributed by atoms with Gasteiger partial charge in [0, 0.05) is 11.4 Å². The highest BCUT2D eigenvalue weighted by atomic mass is 32.2. The molecule has 2 N–H and O–H groups in total. The van der Waals surface area contributed by atoms with Crippen molar-refractivity contribution in [2.45, 2.75) is 36.4 Å². The minimum absolute atomic E-state index is 0.0151. The smallest absolute Gasteiger partial charge is 0.336 e. The van der Waals surface area contributed by atoms with Crippen LogP contribution in [0.3, 0.4) is 0 Å². The summed E-state index contributed by atoms with van der Waals surface area (Å²) in [5, 5.41) is 10.1. The van der Waals surface area contributed by atoms with Gasteiger partial charge in [0.2, 0.25) is 10.0 Å². The van der Waals surface area contributed by atoms with Crippen LogP contribution in [-0.4, -0.2) is 25.5 Å². The van der Waals surface area contributed by atoms with Crippen molar-refractivity contribution in [1.29, 1.82) is 0 Å². The van der Waals surface area contributed by atoms with Gasteiger partial charge in [0.25, 0.3) is 0 Å². The number of carbonyl (C=O) groups is 1. The number of nitrogens with one attached hydrogen (secondary N) is 1. The second-order valence-corrected chi connectivity index (χ2v) is 7.32. The molecule has 2 unspecified atom stereocenters. The average Bonchev–Trinajstić information content (AvgIpc) is 2.83. The largest absolute Gasteiger partial charge is 0.478 e. The first-order chi connectivity index (χ1) is 8.44. The lowest BCUT2D eigenvalue weighted by Crippen LogP contribution is -2.26. The van der Waals surface area contributed by atoms with Crippen molar-refractivity contribution >= 4 is 27.3 Å². The van der Waals surface area contributed by atoms with E-state index in [2.05, 4.69) is 11.6 Å². The van der Waals surface area contributed by atoms with E-state index in [0.29, 0.717) is 5.92 Å². The summed E-state index contributed by atoms with van der Waals surface area (Å²) in [6.07, 6.45) is 2.95. The Bertz CT molecular complexity index is 549. The number of carboxylic acids is 1. The molecule has 1 heterocycles. The normalized spacial score (nSPS) is 22.9. The highest BCUT2D eigenvalue weighted by molar-refractivity contribution is 7.91. The molecule has 1 aromatic rings. The van der Waals surface area contributed by atoms with Gasteiger partial charge < -0.3 is 5.11 Å². The SMILES string of the molecule is CCCC1CC1NS(=O)(=O)c1cc(C(=O)O)cs1. The minimum atomic E-state index is -3.56. The Morgan fingerprint density at radius 3 is 2.89 bits per heavy atom. The van der Waals surface area contributed by atoms with E-state index in [-0.39, 0.29) is 15.8 Å². The number of carboxylic acid groups (broad SMARTS) is 1. The van der Waals surface area contributed by atoms with Gasteiger partial charge >= 0.3 is 5.97 Å². The topological polar surface area (TPSA) is 83.5 Å². The van der Waals surface area contributed by atoms with Gasteiger partial charge in [-0.25, -0.2) is 17.9 Å². The van der Waals surface area contributed by atoms with Crippen LogP contribution in [0.1, 0.15) is 36.5 Å². The van der Waals surface area contributed by atoms with E-state index >= 15 is 0 Å². The predicted molar refractivity (Wildman–Crippen MR) is 68.4 cm³/mol. The second kappa shape index (κ2) is 4.99. The molecule has 2 atom stereocenters. The maximum absolute atomic E-state index is 12.0. The molecule has 0 saturated heterocycles. The molecule has 1 aromatic heterocycles. The molecule has 2 rings (SSSR count). The molecule has 0 amide bonds. The summed E-state index contributed by atoms with van der Waals surface area (Å²) < 4.78 is 26.6. The molecule has 0 spiro atoms. The van der Waals surface area contributed by atoms with Gasteiger partial charge in [-0.15, -0.1) is 11.3 Å². The molecule has 1 aliphatic rings. The molecular weight excluding hydrogens is 274 g/mol. The second-order valence-electron chi connectivity index (χ2n) is 4.47. The van der Waals surface area contributed by atoms with E-state index in [0.717, 1.165) is 30.6 Å². The fourth-order valence-electron chi connectivity index (χ4n) is 1.91. The van der Waals surface area contributed by atoms with E-state index in [9.17, 15) is 13.2 Å². The van der Waals surface area contributed by atoms with Crippen LogP contribution in [0.4, 0.5) is 0 Å². The van der Waals surface area contributed by atoms with Crippen molar-refractivity contribution in [1.82, 2.24) is 4.72 Å². The zero-order chi connectivity index (χ0) is 13.3. The van der Waals surface area contributed by atoms with Crippen LogP contribution in [-0.2, 0) is 10.0 Å². The molecule has 5 nitrogen and oxygen atoms in total. The van der Waals surface area contributed by atoms with Crippen LogP contribution in [0.25, 0.3) is 0 Å². The lowest BCUT2D eigenvalue weighted by Gasteiger charge is -2.03. The Kier molecular flexibility index (Phi) is 3.74. The van der Waals surface area contributed by atoms with Crippen LogP contribution in [0.5, 0.6) is 0 Å². The predicted octanol–water partition coefficient (Wildman–Crippen LogP) is 1.91. The molecule has 18 heavy (non-hydrogen) atoms. The van der Waals surface area contributed by atoms with Crippen LogP contribution in [0, 0.1) is 5.92 Å². The Hall–Kier alpha value is -0.920. The van der Waals surface area contributed by atoms with Crippen LogP contribution < -0.4 is 4.72 Å². The van der Waals surface area contributed by atoms with Crippen molar-refractivity contribution < 1.29 is 18.3 Å². The Morgan fingerprint density at radius 1 is 1.61 bits per heavy atom. The average molecular weight is 289 g/mol. The lowest BCUT2D eigenvalue weighted by molar-refractivity contribution is 0.0697. The number of rotatable bonds is 6. The first-order valence-corrected chi connectivity index (χ1v) is 8.14. The number of sulfonamides is 1. The van der Waals surface area contributed by atoms with Crippen LogP contribution in [0.15, 0.2) is 15.7 Å². The number of hydrogen-bond acceptors (Lipinski definition) is 4. The van der Waals surface area contributed by atoms with E-state index in [1.54, 1.807) is 0 Å². The van der Waals surface area contributed by atoms with Gasteiger partial charge in [-0.1, -0.05) is 13.3 Å². The van der Waals surface area contributed by atoms with Gasteiger partial charge in [0.05, 0.1) is 5.56 Å². The van der Waals surface area contributed by atoms with E-state index in [4.69, 9.17) is 5.11 Å². The van der Waals surface area contributed by atoms with Crippen LogP contribution in [0.2, 0.25) is 0 Å². The van der Waals surface area contributed by atoms with Gasteiger partial charge in [-0.2, -0.15) is 0 Å². The quantitative estimate of drug-likeness (QED) is 0.838. The van der Waals surface area contributed by atoms with Gasteiger partial charge in [0.15, 0.2) is 0 Å². The van der Waals surface area contributed by atoms with Crippen molar-refractivity contribution in [2.75, 3.05) is 0 Å². The Labute approximate surface area is 110 Å². The van der Waals surface area contributed by atoms with E-state index < -0.39 is 16.0 Å². The molecule has 0 aromatic carbocycles. The minimum Gasteiger partial charge on any atom is -0.478 e. The number of hydrogen-bond donors (Lipinski definition) is 2. The third-order valence-electron chi connectivity index (χ3n) is 2.98. The first-order valence-electron chi connectivity index (χ1n) is 5.78. The molecule has 100 valence electrons. The third kappa shape index (κ3) is 2.90. The van der Waals surface area contributed by atoms with E-state index in [1.165, 1.54) is 11.4 Å². The van der Waals surface area contributed by atoms with Gasteiger partial charge in [-0.05, 0) is 24.8 Å². The maximum atomic E-state index is 12.0. The number of thiophene rings is 1. The van der Waals surface area contributed by atoms with Crippen LogP contribution >= 0.6 is 11.3 Å². The van der Waals surface area contributed by atoms with Gasteiger partial charge in [-0.3, -0.25) is 0 Å². The summed E-state index contributed by atoms with van der Waals surface area (Å²) >= 11 is 0.938. The summed E-state index contributed by atoms with van der Waals surface area (Å²) in [5.41, 5.74) is 0.0151. The molecule has 0 aliphatic heterocycles. The number of aromatic carboxylic acids is 1. The maximum Gasteiger partial charge on any atom is 0.336 e. The summed E-state index contributed by atoms with van der Waals surface area (Å²) in [4.78, 5) is 10.7. The fraction of sp³-hybridized carbons (Fsp3) is 0.545. The molecule has 1 aliphatic carbocycles. The lowest BCUT2D eigenvalue weighted by atomic mass is 10.2. The highest BCUT2D eigenvalue weighted by Crippen LogP contribution is 2.36. The standard InChI is InChI=1S/C11H15NO4S2/c1-2-3-7-4-9(7)12-18(15,16)10-5-8(6-17-10)11(13)14/h5-7,9,12H,2-4H2,1H3,(H,13,14). The molecule has 0 radical (unpaired) electrons. The zero-order valence-corrected chi connectivity index (χ0v) is 11.6. The monoisotopic (exact) mass is 289 g/mol. The van der Waals surface area contributed by atoms with Crippen molar-refractivity contribution in [3.05, 3.63) is 17.0 Å². The summed E-state index contributed by atoms with van der Waals surface area (Å²) in [6.45, 7) is 2.07. The molecule has 0 bridgehead atoms. The molecule has 1 saturated carbocycles. The van der Waals surface area contributed by atoms with E-state index in [1.807, 2.05) is 0 Å².